The summed E-state index contributed by atoms with van der Waals surface area (Å²) < 4.78 is 0. The van der Waals surface area contributed by atoms with E-state index in [-0.39, 0.29) is 18.4 Å². The average Bonchev–Trinajstić information content (AvgIpc) is 2.30. The van der Waals surface area contributed by atoms with Gasteiger partial charge in [-0.3, -0.25) is 9.69 Å². The molecule has 2 saturated heterocycles. The van der Waals surface area contributed by atoms with E-state index in [1.807, 2.05) is 4.90 Å². The van der Waals surface area contributed by atoms with Crippen molar-refractivity contribution >= 4 is 18.3 Å². The molecule has 4 nitrogen and oxygen atoms in total. The molecule has 0 saturated carbocycles. The maximum atomic E-state index is 12.0. The first kappa shape index (κ1) is 14.7. The standard InChI is InChI=1S/C12H23N3O.ClH/c13-11-5-4-6-14(9-11)10-12(16)15-7-2-1-3-8-15;/h11H,1-10,13H2;1H. The van der Waals surface area contributed by atoms with Crippen molar-refractivity contribution in [2.45, 2.75) is 38.1 Å². The smallest absolute Gasteiger partial charge is 0.236 e. The van der Waals surface area contributed by atoms with Gasteiger partial charge in [0.2, 0.25) is 5.91 Å². The molecule has 2 rings (SSSR count). The molecule has 0 radical (unpaired) electrons. The largest absolute Gasteiger partial charge is 0.342 e. The summed E-state index contributed by atoms with van der Waals surface area (Å²) in [4.78, 5) is 16.2. The molecule has 0 bridgehead atoms. The van der Waals surface area contributed by atoms with Crippen molar-refractivity contribution in [3.8, 4) is 0 Å². The number of hydrogen-bond acceptors (Lipinski definition) is 3. The molecule has 0 spiro atoms. The van der Waals surface area contributed by atoms with Crippen LogP contribution in [0.3, 0.4) is 0 Å². The van der Waals surface area contributed by atoms with Crippen molar-refractivity contribution in [1.29, 1.82) is 0 Å². The summed E-state index contributed by atoms with van der Waals surface area (Å²) in [6.07, 6.45) is 5.86. The van der Waals surface area contributed by atoms with Crippen LogP contribution in [-0.4, -0.2) is 54.5 Å². The van der Waals surface area contributed by atoms with E-state index in [1.165, 1.54) is 19.3 Å². The lowest BCUT2D eigenvalue weighted by Crippen LogP contribution is -2.48. The van der Waals surface area contributed by atoms with Crippen molar-refractivity contribution in [1.82, 2.24) is 9.80 Å². The Labute approximate surface area is 110 Å². The van der Waals surface area contributed by atoms with E-state index in [4.69, 9.17) is 5.73 Å². The fourth-order valence-corrected chi connectivity index (χ4v) is 2.67. The van der Waals surface area contributed by atoms with Crippen LogP contribution in [0.5, 0.6) is 0 Å². The SMILES string of the molecule is Cl.NC1CCCN(CC(=O)N2CCCCC2)C1. The lowest BCUT2D eigenvalue weighted by atomic mass is 10.1. The van der Waals surface area contributed by atoms with E-state index in [2.05, 4.69) is 4.90 Å². The van der Waals surface area contributed by atoms with Gasteiger partial charge in [-0.2, -0.15) is 0 Å². The fourth-order valence-electron chi connectivity index (χ4n) is 2.67. The highest BCUT2D eigenvalue weighted by Crippen LogP contribution is 2.11. The van der Waals surface area contributed by atoms with Crippen LogP contribution >= 0.6 is 12.4 Å². The minimum atomic E-state index is 0. The van der Waals surface area contributed by atoms with E-state index < -0.39 is 0 Å². The van der Waals surface area contributed by atoms with Crippen LogP contribution < -0.4 is 5.73 Å². The highest BCUT2D eigenvalue weighted by atomic mass is 35.5. The van der Waals surface area contributed by atoms with Gasteiger partial charge in [0.1, 0.15) is 0 Å². The number of rotatable bonds is 2. The predicted octanol–water partition coefficient (Wildman–Crippen LogP) is 0.844. The zero-order valence-electron chi connectivity index (χ0n) is 10.4. The zero-order chi connectivity index (χ0) is 11.4. The second kappa shape index (κ2) is 7.19. The molecule has 0 aliphatic carbocycles. The van der Waals surface area contributed by atoms with Crippen LogP contribution in [0.1, 0.15) is 32.1 Å². The molecule has 0 aromatic heterocycles. The third-order valence-corrected chi connectivity index (χ3v) is 3.61. The molecule has 1 atom stereocenters. The highest BCUT2D eigenvalue weighted by Gasteiger charge is 2.22. The van der Waals surface area contributed by atoms with Gasteiger partial charge in [-0.15, -0.1) is 12.4 Å². The summed E-state index contributed by atoms with van der Waals surface area (Å²) in [5.74, 6) is 0.300. The van der Waals surface area contributed by atoms with Gasteiger partial charge in [-0.25, -0.2) is 0 Å². The van der Waals surface area contributed by atoms with Crippen LogP contribution in [0.4, 0.5) is 0 Å². The summed E-state index contributed by atoms with van der Waals surface area (Å²) in [6.45, 7) is 4.41. The maximum absolute atomic E-state index is 12.0. The molecule has 2 aliphatic rings. The Balaban J connectivity index is 0.00000144. The first-order valence-electron chi connectivity index (χ1n) is 6.51. The molecule has 17 heavy (non-hydrogen) atoms. The Morgan fingerprint density at radius 1 is 1.12 bits per heavy atom. The second-order valence-corrected chi connectivity index (χ2v) is 5.08. The minimum Gasteiger partial charge on any atom is -0.342 e. The summed E-state index contributed by atoms with van der Waals surface area (Å²) in [6, 6.07) is 0.267. The topological polar surface area (TPSA) is 49.6 Å². The van der Waals surface area contributed by atoms with Crippen molar-refractivity contribution < 1.29 is 4.79 Å². The average molecular weight is 262 g/mol. The Kier molecular flexibility index (Phi) is 6.23. The van der Waals surface area contributed by atoms with Crippen molar-refractivity contribution in [3.05, 3.63) is 0 Å². The molecule has 2 fully saturated rings. The van der Waals surface area contributed by atoms with Gasteiger partial charge in [0, 0.05) is 25.7 Å². The van der Waals surface area contributed by atoms with Crippen LogP contribution in [0.2, 0.25) is 0 Å². The van der Waals surface area contributed by atoms with Crippen LogP contribution in [0, 0.1) is 0 Å². The van der Waals surface area contributed by atoms with E-state index in [1.54, 1.807) is 0 Å². The molecule has 1 amide bonds. The zero-order valence-corrected chi connectivity index (χ0v) is 11.3. The maximum Gasteiger partial charge on any atom is 0.236 e. The van der Waals surface area contributed by atoms with E-state index in [0.717, 1.165) is 39.0 Å². The molecule has 100 valence electrons. The van der Waals surface area contributed by atoms with Gasteiger partial charge in [0.05, 0.1) is 6.54 Å². The van der Waals surface area contributed by atoms with E-state index in [9.17, 15) is 4.79 Å². The number of halogens is 1. The monoisotopic (exact) mass is 261 g/mol. The molecule has 1 unspecified atom stereocenters. The first-order chi connectivity index (χ1) is 7.75. The molecule has 2 heterocycles. The lowest BCUT2D eigenvalue weighted by Gasteiger charge is -2.33. The minimum absolute atomic E-state index is 0. The third kappa shape index (κ3) is 4.45. The number of hydrogen-bond donors (Lipinski definition) is 1. The molecule has 2 aliphatic heterocycles. The van der Waals surface area contributed by atoms with Gasteiger partial charge < -0.3 is 10.6 Å². The Morgan fingerprint density at radius 2 is 1.82 bits per heavy atom. The Bertz CT molecular complexity index is 244. The van der Waals surface area contributed by atoms with Gasteiger partial charge in [0.15, 0.2) is 0 Å². The first-order valence-corrected chi connectivity index (χ1v) is 6.51. The molecule has 5 heteroatoms. The number of piperidine rings is 2. The highest BCUT2D eigenvalue weighted by molar-refractivity contribution is 5.85. The molecule has 2 N–H and O–H groups in total. The molecule has 0 aromatic rings. The van der Waals surface area contributed by atoms with E-state index in [0.29, 0.717) is 12.5 Å². The second-order valence-electron chi connectivity index (χ2n) is 5.08. The van der Waals surface area contributed by atoms with Crippen molar-refractivity contribution in [2.75, 3.05) is 32.7 Å². The van der Waals surface area contributed by atoms with Gasteiger partial charge in [-0.05, 0) is 38.6 Å². The van der Waals surface area contributed by atoms with Crippen LogP contribution in [0.15, 0.2) is 0 Å². The normalized spacial score (nSPS) is 26.4. The third-order valence-electron chi connectivity index (χ3n) is 3.61. The van der Waals surface area contributed by atoms with Crippen LogP contribution in [0.25, 0.3) is 0 Å². The number of carbonyl (C=O) groups is 1. The number of nitrogens with two attached hydrogens (primary N) is 1. The molecular weight excluding hydrogens is 238 g/mol. The van der Waals surface area contributed by atoms with Crippen molar-refractivity contribution in [3.63, 3.8) is 0 Å². The van der Waals surface area contributed by atoms with Gasteiger partial charge in [-0.1, -0.05) is 0 Å². The number of nitrogens with zero attached hydrogens (tertiary/aromatic N) is 2. The lowest BCUT2D eigenvalue weighted by molar-refractivity contribution is -0.133. The van der Waals surface area contributed by atoms with Crippen molar-refractivity contribution in [2.24, 2.45) is 5.73 Å². The summed E-state index contributed by atoms with van der Waals surface area (Å²) in [5, 5.41) is 0. The van der Waals surface area contributed by atoms with E-state index >= 15 is 0 Å². The predicted molar refractivity (Wildman–Crippen MR) is 71.3 cm³/mol. The van der Waals surface area contributed by atoms with Gasteiger partial charge >= 0.3 is 0 Å². The van der Waals surface area contributed by atoms with Gasteiger partial charge in [0.25, 0.3) is 0 Å². The molecule has 0 aromatic carbocycles. The fraction of sp³-hybridized carbons (Fsp3) is 0.917. The number of amides is 1. The van der Waals surface area contributed by atoms with Crippen LogP contribution in [-0.2, 0) is 4.79 Å². The Hall–Kier alpha value is -0.320. The number of carbonyl (C=O) groups excluding carboxylic acids is 1. The summed E-state index contributed by atoms with van der Waals surface area (Å²) >= 11 is 0. The number of likely N-dealkylation sites (tertiary alicyclic amines) is 2. The quantitative estimate of drug-likeness (QED) is 0.802. The summed E-state index contributed by atoms with van der Waals surface area (Å²) in [5.41, 5.74) is 5.91. The molecular formula is C12H24ClN3O. The Morgan fingerprint density at radius 3 is 2.47 bits per heavy atom. The summed E-state index contributed by atoms with van der Waals surface area (Å²) in [7, 11) is 0.